The van der Waals surface area contributed by atoms with E-state index in [-0.39, 0.29) is 0 Å². The summed E-state index contributed by atoms with van der Waals surface area (Å²) in [7, 11) is 2.94. The minimum atomic E-state index is -0.410. The molecular weight excluding hydrogens is 290 g/mol. The molecule has 7 heteroatoms. The van der Waals surface area contributed by atoms with Gasteiger partial charge in [-0.05, 0) is 13.0 Å². The molecule has 1 saturated heterocycles. The third kappa shape index (κ3) is 3.24. The van der Waals surface area contributed by atoms with Crippen molar-refractivity contribution < 1.29 is 14.3 Å². The number of carbonyl (C=O) groups excluding carboxylic acids is 1. The van der Waals surface area contributed by atoms with Crippen molar-refractivity contribution >= 4 is 28.0 Å². The molecule has 2 N–H and O–H groups in total. The second kappa shape index (κ2) is 7.00. The summed E-state index contributed by atoms with van der Waals surface area (Å²) in [5.41, 5.74) is 6.40. The monoisotopic (exact) mass is 313 g/mol. The van der Waals surface area contributed by atoms with Crippen LogP contribution in [0.4, 0.5) is 10.7 Å². The first-order chi connectivity index (χ1) is 10.1. The average molecular weight is 313 g/mol. The molecule has 0 bridgehead atoms. The number of rotatable bonds is 5. The van der Waals surface area contributed by atoms with E-state index >= 15 is 0 Å². The van der Waals surface area contributed by atoms with Gasteiger partial charge in [-0.3, -0.25) is 4.90 Å². The summed E-state index contributed by atoms with van der Waals surface area (Å²) in [6.45, 7) is 7.18. The van der Waals surface area contributed by atoms with E-state index in [1.807, 2.05) is 0 Å². The normalized spacial score (nSPS) is 16.0. The van der Waals surface area contributed by atoms with Gasteiger partial charge in [-0.15, -0.1) is 11.3 Å². The fourth-order valence-electron chi connectivity index (χ4n) is 2.56. The first kappa shape index (κ1) is 15.9. The number of hydrogen-bond donors (Lipinski definition) is 1. The third-order valence-corrected chi connectivity index (χ3v) is 4.88. The highest BCUT2D eigenvalue weighted by Crippen LogP contribution is 2.45. The van der Waals surface area contributed by atoms with E-state index in [1.165, 1.54) is 24.9 Å². The van der Waals surface area contributed by atoms with Crippen LogP contribution >= 0.6 is 11.3 Å². The second-order valence-corrected chi connectivity index (χ2v) is 6.00. The van der Waals surface area contributed by atoms with Crippen LogP contribution in [-0.4, -0.2) is 57.8 Å². The Hall–Kier alpha value is -1.47. The van der Waals surface area contributed by atoms with Crippen molar-refractivity contribution in [3.8, 4) is 5.75 Å². The van der Waals surface area contributed by atoms with Gasteiger partial charge in [0, 0.05) is 26.2 Å². The van der Waals surface area contributed by atoms with Gasteiger partial charge in [-0.25, -0.2) is 4.79 Å². The number of ether oxygens (including phenoxy) is 2. The van der Waals surface area contributed by atoms with Crippen LogP contribution in [0.2, 0.25) is 0 Å². The van der Waals surface area contributed by atoms with Gasteiger partial charge in [0.2, 0.25) is 0 Å². The molecule has 1 aromatic rings. The van der Waals surface area contributed by atoms with Gasteiger partial charge in [0.1, 0.15) is 15.6 Å². The maximum atomic E-state index is 11.8. The minimum Gasteiger partial charge on any atom is -0.492 e. The van der Waals surface area contributed by atoms with Gasteiger partial charge in [0.25, 0.3) is 0 Å². The molecule has 21 heavy (non-hydrogen) atoms. The summed E-state index contributed by atoms with van der Waals surface area (Å²) in [6, 6.07) is 0. The summed E-state index contributed by atoms with van der Waals surface area (Å²) < 4.78 is 10.2. The zero-order valence-electron chi connectivity index (χ0n) is 12.8. The Labute approximate surface area is 129 Å². The Kier molecular flexibility index (Phi) is 5.30. The van der Waals surface area contributed by atoms with E-state index in [9.17, 15) is 4.79 Å². The molecule has 0 amide bonds. The molecule has 1 aliphatic rings. The lowest BCUT2D eigenvalue weighted by atomic mass is 10.3. The molecule has 2 heterocycles. The molecule has 1 aromatic heterocycles. The zero-order chi connectivity index (χ0) is 15.4. The van der Waals surface area contributed by atoms with E-state index < -0.39 is 5.97 Å². The molecule has 0 radical (unpaired) electrons. The SMILES string of the molecule is CCCN1CCN(c2sc(C(=O)OC)c(N)c2OC)CC1. The minimum absolute atomic E-state index is 0.375. The largest absolute Gasteiger partial charge is 0.492 e. The molecule has 1 aliphatic heterocycles. The maximum Gasteiger partial charge on any atom is 0.350 e. The molecule has 1 fully saturated rings. The highest BCUT2D eigenvalue weighted by atomic mass is 32.1. The van der Waals surface area contributed by atoms with Gasteiger partial charge in [0.15, 0.2) is 5.75 Å². The van der Waals surface area contributed by atoms with Crippen LogP contribution in [0.25, 0.3) is 0 Å². The fraction of sp³-hybridized carbons (Fsp3) is 0.643. The maximum absolute atomic E-state index is 11.8. The number of carbonyl (C=O) groups is 1. The van der Waals surface area contributed by atoms with Crippen LogP contribution in [0.5, 0.6) is 5.75 Å². The fourth-order valence-corrected chi connectivity index (χ4v) is 3.72. The molecule has 0 atom stereocenters. The van der Waals surface area contributed by atoms with Crippen molar-refractivity contribution in [3.63, 3.8) is 0 Å². The second-order valence-electron chi connectivity index (χ2n) is 5.00. The highest BCUT2D eigenvalue weighted by Gasteiger charge is 2.27. The van der Waals surface area contributed by atoms with Crippen molar-refractivity contribution in [2.75, 3.05) is 57.6 Å². The van der Waals surface area contributed by atoms with Crippen LogP contribution in [0.3, 0.4) is 0 Å². The Balaban J connectivity index is 2.18. The number of nitrogen functional groups attached to an aromatic ring is 1. The summed E-state index contributed by atoms with van der Waals surface area (Å²) in [4.78, 5) is 16.9. The standard InChI is InChI=1S/C14H23N3O3S/c1-4-5-16-6-8-17(9-7-16)13-11(19-2)10(15)12(21-13)14(18)20-3/h4-9,15H2,1-3H3. The molecule has 0 spiro atoms. The number of thiophene rings is 1. The quantitative estimate of drug-likeness (QED) is 0.834. The van der Waals surface area contributed by atoms with Gasteiger partial charge >= 0.3 is 5.97 Å². The number of anilines is 2. The smallest absolute Gasteiger partial charge is 0.350 e. The lowest BCUT2D eigenvalue weighted by Crippen LogP contribution is -2.46. The van der Waals surface area contributed by atoms with E-state index in [2.05, 4.69) is 16.7 Å². The Morgan fingerprint density at radius 2 is 1.95 bits per heavy atom. The number of nitrogens with zero attached hydrogens (tertiary/aromatic N) is 2. The number of methoxy groups -OCH3 is 2. The van der Waals surface area contributed by atoms with Crippen molar-refractivity contribution in [2.24, 2.45) is 0 Å². The average Bonchev–Trinajstić information content (AvgIpc) is 2.84. The molecule has 0 saturated carbocycles. The van der Waals surface area contributed by atoms with Crippen molar-refractivity contribution in [1.29, 1.82) is 0 Å². The zero-order valence-corrected chi connectivity index (χ0v) is 13.7. The van der Waals surface area contributed by atoms with Crippen LogP contribution in [0.15, 0.2) is 0 Å². The summed E-state index contributed by atoms with van der Waals surface area (Å²) in [5, 5.41) is 0.923. The topological polar surface area (TPSA) is 68.0 Å². The van der Waals surface area contributed by atoms with Crippen LogP contribution in [-0.2, 0) is 4.74 Å². The Bertz CT molecular complexity index is 496. The van der Waals surface area contributed by atoms with E-state index in [1.54, 1.807) is 7.11 Å². The lowest BCUT2D eigenvalue weighted by molar-refractivity contribution is 0.0607. The van der Waals surface area contributed by atoms with E-state index in [0.29, 0.717) is 16.3 Å². The van der Waals surface area contributed by atoms with Gasteiger partial charge in [0.05, 0.1) is 14.2 Å². The lowest BCUT2D eigenvalue weighted by Gasteiger charge is -2.35. The first-order valence-electron chi connectivity index (χ1n) is 7.14. The molecule has 118 valence electrons. The van der Waals surface area contributed by atoms with E-state index in [0.717, 1.165) is 37.7 Å². The van der Waals surface area contributed by atoms with Crippen LogP contribution in [0, 0.1) is 0 Å². The first-order valence-corrected chi connectivity index (χ1v) is 7.95. The third-order valence-electron chi connectivity index (χ3n) is 3.66. The molecular formula is C14H23N3O3S. The summed E-state index contributed by atoms with van der Waals surface area (Å²) in [5.74, 6) is 0.177. The number of esters is 1. The molecule has 2 rings (SSSR count). The molecule has 0 aromatic carbocycles. The van der Waals surface area contributed by atoms with Crippen molar-refractivity contribution in [2.45, 2.75) is 13.3 Å². The highest BCUT2D eigenvalue weighted by molar-refractivity contribution is 7.19. The number of piperazine rings is 1. The van der Waals surface area contributed by atoms with Crippen LogP contribution < -0.4 is 15.4 Å². The Morgan fingerprint density at radius 1 is 1.29 bits per heavy atom. The van der Waals surface area contributed by atoms with Crippen molar-refractivity contribution in [3.05, 3.63) is 4.88 Å². The predicted molar refractivity (Wildman–Crippen MR) is 85.6 cm³/mol. The molecule has 0 unspecified atom stereocenters. The van der Waals surface area contributed by atoms with E-state index in [4.69, 9.17) is 15.2 Å². The number of nitrogens with two attached hydrogens (primary N) is 1. The summed E-state index contributed by atoms with van der Waals surface area (Å²) in [6.07, 6.45) is 1.17. The van der Waals surface area contributed by atoms with Crippen molar-refractivity contribution in [1.82, 2.24) is 4.90 Å². The predicted octanol–water partition coefficient (Wildman–Crippen LogP) is 1.66. The Morgan fingerprint density at radius 3 is 2.48 bits per heavy atom. The molecule has 6 nitrogen and oxygen atoms in total. The van der Waals surface area contributed by atoms with Gasteiger partial charge in [-0.2, -0.15) is 0 Å². The van der Waals surface area contributed by atoms with Gasteiger partial charge < -0.3 is 20.1 Å². The summed E-state index contributed by atoms with van der Waals surface area (Å²) >= 11 is 1.35. The molecule has 0 aliphatic carbocycles. The van der Waals surface area contributed by atoms with Crippen LogP contribution in [0.1, 0.15) is 23.0 Å². The number of hydrogen-bond acceptors (Lipinski definition) is 7. The van der Waals surface area contributed by atoms with Gasteiger partial charge in [-0.1, -0.05) is 6.92 Å².